The molecule has 0 aromatic heterocycles. The first kappa shape index (κ1) is 11.9. The molecule has 4 nitrogen and oxygen atoms in total. The molecule has 92 valence electrons. The molecule has 0 bridgehead atoms. The average molecular weight is 225 g/mol. The van der Waals surface area contributed by atoms with Crippen molar-refractivity contribution in [2.45, 2.75) is 44.7 Å². The van der Waals surface area contributed by atoms with Gasteiger partial charge < -0.3 is 15.5 Å². The lowest BCUT2D eigenvalue weighted by atomic mass is 10.1. The number of rotatable bonds is 3. The molecule has 0 saturated carbocycles. The molecule has 0 aromatic carbocycles. The molecular formula is C12H23N3O. The zero-order valence-electron chi connectivity index (χ0n) is 10.2. The minimum absolute atomic E-state index is 0.0521. The number of hydrogen-bond donors (Lipinski definition) is 1. The van der Waals surface area contributed by atoms with Crippen LogP contribution in [0.1, 0.15) is 32.6 Å². The van der Waals surface area contributed by atoms with Crippen LogP contribution in [0.3, 0.4) is 0 Å². The number of nitrogens with two attached hydrogens (primary N) is 1. The molecule has 2 heterocycles. The van der Waals surface area contributed by atoms with Gasteiger partial charge in [-0.25, -0.2) is 0 Å². The fourth-order valence-corrected chi connectivity index (χ4v) is 2.80. The van der Waals surface area contributed by atoms with E-state index in [1.54, 1.807) is 0 Å². The number of carbonyl (C=O) groups is 1. The van der Waals surface area contributed by atoms with E-state index in [9.17, 15) is 4.79 Å². The highest BCUT2D eigenvalue weighted by atomic mass is 16.2. The number of likely N-dealkylation sites (tertiary alicyclic amines) is 2. The molecule has 0 radical (unpaired) electrons. The highest BCUT2D eigenvalue weighted by Gasteiger charge is 2.31. The second-order valence-electron chi connectivity index (χ2n) is 5.22. The average Bonchev–Trinajstić information content (AvgIpc) is 2.59. The SMILES string of the molecule is CC(CN1CCCCC1)N1CC(N)CC1=O. The van der Waals surface area contributed by atoms with E-state index >= 15 is 0 Å². The standard InChI is InChI=1S/C12H23N3O/c1-10(8-14-5-3-2-4-6-14)15-9-11(13)7-12(15)16/h10-11H,2-9,13H2,1H3. The van der Waals surface area contributed by atoms with E-state index in [0.717, 1.165) is 13.1 Å². The third-order valence-corrected chi connectivity index (χ3v) is 3.69. The number of hydrogen-bond acceptors (Lipinski definition) is 3. The van der Waals surface area contributed by atoms with Crippen molar-refractivity contribution in [2.75, 3.05) is 26.2 Å². The van der Waals surface area contributed by atoms with Crippen LogP contribution < -0.4 is 5.73 Å². The molecule has 2 saturated heterocycles. The smallest absolute Gasteiger partial charge is 0.224 e. The molecule has 2 aliphatic rings. The lowest BCUT2D eigenvalue weighted by Crippen LogP contribution is -2.45. The second-order valence-corrected chi connectivity index (χ2v) is 5.22. The Bertz CT molecular complexity index is 251. The van der Waals surface area contributed by atoms with Gasteiger partial charge in [0, 0.05) is 31.6 Å². The maximum Gasteiger partial charge on any atom is 0.224 e. The van der Waals surface area contributed by atoms with Crippen LogP contribution in [0.4, 0.5) is 0 Å². The van der Waals surface area contributed by atoms with Gasteiger partial charge in [-0.15, -0.1) is 0 Å². The summed E-state index contributed by atoms with van der Waals surface area (Å²) in [6.45, 7) is 6.29. The van der Waals surface area contributed by atoms with E-state index in [1.807, 2.05) is 4.90 Å². The molecule has 2 atom stereocenters. The summed E-state index contributed by atoms with van der Waals surface area (Å²) in [5.41, 5.74) is 5.81. The van der Waals surface area contributed by atoms with Crippen molar-refractivity contribution in [1.82, 2.24) is 9.80 Å². The largest absolute Gasteiger partial charge is 0.337 e. The van der Waals surface area contributed by atoms with Gasteiger partial charge in [0.1, 0.15) is 0 Å². The molecule has 1 amide bonds. The maximum absolute atomic E-state index is 11.7. The van der Waals surface area contributed by atoms with Crippen molar-refractivity contribution in [2.24, 2.45) is 5.73 Å². The second kappa shape index (κ2) is 5.15. The van der Waals surface area contributed by atoms with Crippen molar-refractivity contribution in [3.63, 3.8) is 0 Å². The lowest BCUT2D eigenvalue weighted by Gasteiger charge is -2.33. The Morgan fingerprint density at radius 3 is 2.62 bits per heavy atom. The highest BCUT2D eigenvalue weighted by Crippen LogP contribution is 2.16. The van der Waals surface area contributed by atoms with Gasteiger partial charge in [0.2, 0.25) is 5.91 Å². The molecule has 2 N–H and O–H groups in total. The Kier molecular flexibility index (Phi) is 3.82. The van der Waals surface area contributed by atoms with Crippen molar-refractivity contribution >= 4 is 5.91 Å². The normalized spacial score (nSPS) is 29.8. The van der Waals surface area contributed by atoms with E-state index in [4.69, 9.17) is 5.73 Å². The quantitative estimate of drug-likeness (QED) is 0.757. The number of piperidine rings is 1. The first-order valence-electron chi connectivity index (χ1n) is 6.44. The highest BCUT2D eigenvalue weighted by molar-refractivity contribution is 5.79. The summed E-state index contributed by atoms with van der Waals surface area (Å²) in [5.74, 6) is 0.233. The Labute approximate surface area is 97.8 Å². The van der Waals surface area contributed by atoms with Gasteiger partial charge in [0.25, 0.3) is 0 Å². The Hall–Kier alpha value is -0.610. The third kappa shape index (κ3) is 2.74. The van der Waals surface area contributed by atoms with E-state index in [0.29, 0.717) is 12.5 Å². The van der Waals surface area contributed by atoms with Crippen LogP contribution in [0.25, 0.3) is 0 Å². The van der Waals surface area contributed by atoms with E-state index < -0.39 is 0 Å². The molecule has 2 unspecified atom stereocenters. The van der Waals surface area contributed by atoms with Crippen LogP contribution in [0.15, 0.2) is 0 Å². The molecule has 0 aliphatic carbocycles. The van der Waals surface area contributed by atoms with Crippen LogP contribution >= 0.6 is 0 Å². The topological polar surface area (TPSA) is 49.6 Å². The molecule has 0 aromatic rings. The summed E-state index contributed by atoms with van der Waals surface area (Å²) in [6.07, 6.45) is 4.50. The predicted molar refractivity (Wildman–Crippen MR) is 64.1 cm³/mol. The van der Waals surface area contributed by atoms with Gasteiger partial charge in [-0.1, -0.05) is 6.42 Å². The molecule has 4 heteroatoms. The van der Waals surface area contributed by atoms with Gasteiger partial charge in [0.15, 0.2) is 0 Å². The van der Waals surface area contributed by atoms with E-state index in [2.05, 4.69) is 11.8 Å². The van der Waals surface area contributed by atoms with E-state index in [-0.39, 0.29) is 11.9 Å². The van der Waals surface area contributed by atoms with Crippen LogP contribution in [-0.4, -0.2) is 54.0 Å². The molecule has 2 fully saturated rings. The van der Waals surface area contributed by atoms with Crippen molar-refractivity contribution in [1.29, 1.82) is 0 Å². The van der Waals surface area contributed by atoms with Crippen LogP contribution in [0.2, 0.25) is 0 Å². The minimum Gasteiger partial charge on any atom is -0.337 e. The fourth-order valence-electron chi connectivity index (χ4n) is 2.80. The van der Waals surface area contributed by atoms with Gasteiger partial charge >= 0.3 is 0 Å². The molecule has 2 aliphatic heterocycles. The Balaban J connectivity index is 1.82. The van der Waals surface area contributed by atoms with Gasteiger partial charge in [-0.05, 0) is 32.9 Å². The van der Waals surface area contributed by atoms with Gasteiger partial charge in [-0.2, -0.15) is 0 Å². The maximum atomic E-state index is 11.7. The summed E-state index contributed by atoms with van der Waals surface area (Å²) in [6, 6.07) is 0.371. The molecular weight excluding hydrogens is 202 g/mol. The number of amides is 1. The summed E-state index contributed by atoms with van der Waals surface area (Å²) in [5, 5.41) is 0. The Morgan fingerprint density at radius 2 is 2.06 bits per heavy atom. The predicted octanol–water partition coefficient (Wildman–Crippen LogP) is 0.420. The van der Waals surface area contributed by atoms with Gasteiger partial charge in [0.05, 0.1) is 0 Å². The zero-order chi connectivity index (χ0) is 11.5. The minimum atomic E-state index is 0.0521. The van der Waals surface area contributed by atoms with Crippen LogP contribution in [0.5, 0.6) is 0 Å². The lowest BCUT2D eigenvalue weighted by molar-refractivity contribution is -0.129. The summed E-state index contributed by atoms with van der Waals surface area (Å²) >= 11 is 0. The van der Waals surface area contributed by atoms with Crippen LogP contribution in [0, 0.1) is 0 Å². The molecule has 2 rings (SSSR count). The molecule has 0 spiro atoms. The number of nitrogens with zero attached hydrogens (tertiary/aromatic N) is 2. The number of carbonyl (C=O) groups excluding carboxylic acids is 1. The van der Waals surface area contributed by atoms with Crippen molar-refractivity contribution in [3.05, 3.63) is 0 Å². The van der Waals surface area contributed by atoms with Crippen molar-refractivity contribution in [3.8, 4) is 0 Å². The summed E-state index contributed by atoms with van der Waals surface area (Å²) in [7, 11) is 0. The fraction of sp³-hybridized carbons (Fsp3) is 0.917. The summed E-state index contributed by atoms with van der Waals surface area (Å²) in [4.78, 5) is 16.1. The van der Waals surface area contributed by atoms with Crippen molar-refractivity contribution < 1.29 is 4.79 Å². The van der Waals surface area contributed by atoms with Gasteiger partial charge in [-0.3, -0.25) is 4.79 Å². The third-order valence-electron chi connectivity index (χ3n) is 3.69. The summed E-state index contributed by atoms with van der Waals surface area (Å²) < 4.78 is 0. The monoisotopic (exact) mass is 225 g/mol. The van der Waals surface area contributed by atoms with E-state index in [1.165, 1.54) is 32.4 Å². The Morgan fingerprint density at radius 1 is 1.38 bits per heavy atom. The first-order chi connectivity index (χ1) is 7.66. The zero-order valence-corrected chi connectivity index (χ0v) is 10.2. The first-order valence-corrected chi connectivity index (χ1v) is 6.44. The van der Waals surface area contributed by atoms with Crippen LogP contribution in [-0.2, 0) is 4.79 Å². The molecule has 16 heavy (non-hydrogen) atoms.